The van der Waals surface area contributed by atoms with Gasteiger partial charge in [0.05, 0.1) is 11.4 Å². The van der Waals surface area contributed by atoms with Gasteiger partial charge in [0.15, 0.2) is 0 Å². The maximum absolute atomic E-state index is 4.10. The molecule has 0 unspecified atom stereocenters. The van der Waals surface area contributed by atoms with Crippen LogP contribution in [0, 0.1) is 0 Å². The van der Waals surface area contributed by atoms with Crippen molar-refractivity contribution in [3.63, 3.8) is 0 Å². The molecule has 2 nitrogen and oxygen atoms in total. The van der Waals surface area contributed by atoms with Crippen LogP contribution in [0.2, 0.25) is 0 Å². The minimum Gasteiger partial charge on any atom is -0.151 e. The van der Waals surface area contributed by atoms with Crippen LogP contribution in [-0.4, -0.2) is 0 Å². The highest BCUT2D eigenvalue weighted by Crippen LogP contribution is 2.12. The maximum Gasteiger partial charge on any atom is 0.0857 e. The van der Waals surface area contributed by atoms with Gasteiger partial charge in [-0.05, 0) is 25.1 Å². The Bertz CT molecular complexity index is 386. The number of allylic oxidation sites excluding steroid dienone is 4. The van der Waals surface area contributed by atoms with E-state index in [0.717, 1.165) is 11.4 Å². The van der Waals surface area contributed by atoms with Gasteiger partial charge in [-0.15, -0.1) is 0 Å². The Kier molecular flexibility index (Phi) is 4.81. The van der Waals surface area contributed by atoms with E-state index in [1.807, 2.05) is 55.5 Å². The van der Waals surface area contributed by atoms with Crippen molar-refractivity contribution in [2.75, 3.05) is 0 Å². The lowest BCUT2D eigenvalue weighted by Gasteiger charge is -1.91. The molecule has 0 N–H and O–H groups in total. The van der Waals surface area contributed by atoms with Crippen LogP contribution in [0.4, 0.5) is 5.69 Å². The Labute approximate surface area is 90.4 Å². The van der Waals surface area contributed by atoms with E-state index >= 15 is 0 Å². The number of nitrogens with zero attached hydrogens (tertiary/aromatic N) is 2. The average Bonchev–Trinajstić information content (AvgIpc) is 2.31. The zero-order chi connectivity index (χ0) is 10.9. The molecule has 1 aromatic rings. The molecule has 15 heavy (non-hydrogen) atoms. The number of hydrogen-bond donors (Lipinski definition) is 0. The Morgan fingerprint density at radius 3 is 2.60 bits per heavy atom. The van der Waals surface area contributed by atoms with Crippen LogP contribution in [0.1, 0.15) is 6.92 Å². The van der Waals surface area contributed by atoms with Crippen molar-refractivity contribution in [2.24, 2.45) is 10.2 Å². The third-order valence-corrected chi connectivity index (χ3v) is 1.74. The first-order valence-electron chi connectivity index (χ1n) is 4.79. The smallest absolute Gasteiger partial charge is 0.0857 e. The molecule has 0 aliphatic rings. The lowest BCUT2D eigenvalue weighted by atomic mass is 10.3. The van der Waals surface area contributed by atoms with Crippen LogP contribution in [-0.2, 0) is 0 Å². The van der Waals surface area contributed by atoms with Crippen molar-refractivity contribution in [1.82, 2.24) is 0 Å². The monoisotopic (exact) mass is 198 g/mol. The minimum absolute atomic E-state index is 0.818. The molecule has 0 heterocycles. The van der Waals surface area contributed by atoms with Crippen molar-refractivity contribution < 1.29 is 0 Å². The van der Waals surface area contributed by atoms with Crippen LogP contribution in [0.25, 0.3) is 0 Å². The molecule has 0 aromatic heterocycles. The predicted octanol–water partition coefficient (Wildman–Crippen LogP) is 4.42. The highest BCUT2D eigenvalue weighted by Gasteiger charge is 1.87. The summed E-state index contributed by atoms with van der Waals surface area (Å²) in [7, 11) is 0. The van der Waals surface area contributed by atoms with E-state index in [1.54, 1.807) is 6.08 Å². The van der Waals surface area contributed by atoms with Crippen molar-refractivity contribution in [2.45, 2.75) is 6.92 Å². The summed E-state index contributed by atoms with van der Waals surface area (Å²) in [5, 5.41) is 8.20. The Morgan fingerprint density at radius 1 is 1.27 bits per heavy atom. The Balaban J connectivity index is 2.72. The summed E-state index contributed by atoms with van der Waals surface area (Å²) in [4.78, 5) is 0. The van der Waals surface area contributed by atoms with Crippen LogP contribution >= 0.6 is 0 Å². The molecule has 1 aromatic carbocycles. The molecular weight excluding hydrogens is 184 g/mol. The molecule has 1 rings (SSSR count). The van der Waals surface area contributed by atoms with E-state index < -0.39 is 0 Å². The van der Waals surface area contributed by atoms with Gasteiger partial charge in [-0.2, -0.15) is 10.2 Å². The van der Waals surface area contributed by atoms with Crippen LogP contribution < -0.4 is 0 Å². The third-order valence-electron chi connectivity index (χ3n) is 1.74. The quantitative estimate of drug-likeness (QED) is 0.505. The normalized spacial score (nSPS) is 12.5. The number of rotatable bonds is 4. The zero-order valence-corrected chi connectivity index (χ0v) is 8.80. The summed E-state index contributed by atoms with van der Waals surface area (Å²) >= 11 is 0. The van der Waals surface area contributed by atoms with E-state index in [-0.39, 0.29) is 0 Å². The highest BCUT2D eigenvalue weighted by molar-refractivity contribution is 5.35. The number of hydrogen-bond acceptors (Lipinski definition) is 2. The first-order chi connectivity index (χ1) is 7.36. The SMILES string of the molecule is C=C\C=C/C(=C\C)/N=N/c1ccccc1. The van der Waals surface area contributed by atoms with Gasteiger partial charge >= 0.3 is 0 Å². The standard InChI is InChI=1S/C13H14N2/c1-3-5-9-12(4-2)14-15-13-10-7-6-8-11-13/h3-11H,1H2,2H3/b9-5-,12-4+,15-14+. The van der Waals surface area contributed by atoms with Crippen LogP contribution in [0.15, 0.2) is 77.1 Å². The van der Waals surface area contributed by atoms with Crippen molar-refractivity contribution in [1.29, 1.82) is 0 Å². The van der Waals surface area contributed by atoms with E-state index in [0.29, 0.717) is 0 Å². The molecule has 0 bridgehead atoms. The molecular formula is C13H14N2. The van der Waals surface area contributed by atoms with Gasteiger partial charge < -0.3 is 0 Å². The second-order valence-electron chi connectivity index (χ2n) is 2.84. The molecule has 2 heteroatoms. The lowest BCUT2D eigenvalue weighted by Crippen LogP contribution is -1.68. The molecule has 0 radical (unpaired) electrons. The van der Waals surface area contributed by atoms with Crippen LogP contribution in [0.5, 0.6) is 0 Å². The predicted molar refractivity (Wildman–Crippen MR) is 64.1 cm³/mol. The zero-order valence-electron chi connectivity index (χ0n) is 8.80. The first-order valence-corrected chi connectivity index (χ1v) is 4.79. The van der Waals surface area contributed by atoms with Crippen molar-refractivity contribution in [3.8, 4) is 0 Å². The lowest BCUT2D eigenvalue weighted by molar-refractivity contribution is 1.16. The number of benzene rings is 1. The van der Waals surface area contributed by atoms with Crippen molar-refractivity contribution in [3.05, 3.63) is 66.9 Å². The molecule has 0 aliphatic carbocycles. The summed E-state index contributed by atoms with van der Waals surface area (Å²) in [5.41, 5.74) is 1.67. The largest absolute Gasteiger partial charge is 0.151 e. The molecule has 0 spiro atoms. The summed E-state index contributed by atoms with van der Waals surface area (Å²) in [6.07, 6.45) is 7.30. The van der Waals surface area contributed by atoms with E-state index in [2.05, 4.69) is 16.8 Å². The topological polar surface area (TPSA) is 24.7 Å². The average molecular weight is 198 g/mol. The minimum atomic E-state index is 0.818. The molecule has 0 aliphatic heterocycles. The fraction of sp³-hybridized carbons (Fsp3) is 0.0769. The molecule has 0 atom stereocenters. The van der Waals surface area contributed by atoms with Gasteiger partial charge in [-0.1, -0.05) is 43.0 Å². The Hall–Kier alpha value is -1.96. The molecule has 76 valence electrons. The van der Waals surface area contributed by atoms with Gasteiger partial charge in [0, 0.05) is 0 Å². The maximum atomic E-state index is 4.10. The third kappa shape index (κ3) is 4.18. The fourth-order valence-electron chi connectivity index (χ4n) is 0.964. The molecule has 0 saturated carbocycles. The van der Waals surface area contributed by atoms with Gasteiger partial charge in [0.25, 0.3) is 0 Å². The molecule has 0 fully saturated rings. The van der Waals surface area contributed by atoms with Gasteiger partial charge in [0.1, 0.15) is 0 Å². The molecule has 0 saturated heterocycles. The second-order valence-corrected chi connectivity index (χ2v) is 2.84. The van der Waals surface area contributed by atoms with Gasteiger partial charge in [-0.25, -0.2) is 0 Å². The van der Waals surface area contributed by atoms with Crippen molar-refractivity contribution >= 4 is 5.69 Å². The van der Waals surface area contributed by atoms with E-state index in [4.69, 9.17) is 0 Å². The molecule has 0 amide bonds. The Morgan fingerprint density at radius 2 is 2.00 bits per heavy atom. The summed E-state index contributed by atoms with van der Waals surface area (Å²) in [6.45, 7) is 5.52. The summed E-state index contributed by atoms with van der Waals surface area (Å²) in [5.74, 6) is 0. The first kappa shape index (κ1) is 11.1. The highest BCUT2D eigenvalue weighted by atomic mass is 15.1. The second kappa shape index (κ2) is 6.49. The summed E-state index contributed by atoms with van der Waals surface area (Å²) in [6, 6.07) is 9.64. The van der Waals surface area contributed by atoms with E-state index in [9.17, 15) is 0 Å². The van der Waals surface area contributed by atoms with Gasteiger partial charge in [0.2, 0.25) is 0 Å². The fourth-order valence-corrected chi connectivity index (χ4v) is 0.964. The van der Waals surface area contributed by atoms with E-state index in [1.165, 1.54) is 0 Å². The summed E-state index contributed by atoms with van der Waals surface area (Å²) < 4.78 is 0. The number of azo groups is 1. The van der Waals surface area contributed by atoms with Crippen LogP contribution in [0.3, 0.4) is 0 Å². The van der Waals surface area contributed by atoms with Gasteiger partial charge in [-0.3, -0.25) is 0 Å².